The van der Waals surface area contributed by atoms with Crippen molar-refractivity contribution in [3.05, 3.63) is 193 Å². The van der Waals surface area contributed by atoms with Gasteiger partial charge in [-0.05, 0) is 167 Å². The lowest BCUT2D eigenvalue weighted by Crippen LogP contribution is -2.19. The third kappa shape index (κ3) is 28.8. The summed E-state index contributed by atoms with van der Waals surface area (Å²) in [6, 6.07) is 37.2. The molecule has 0 radical (unpaired) electrons. The van der Waals surface area contributed by atoms with Gasteiger partial charge in [-0.3, -0.25) is 22.2 Å². The van der Waals surface area contributed by atoms with Gasteiger partial charge in [-0.2, -0.15) is 0 Å². The first-order valence-corrected chi connectivity index (χ1v) is 34.3. The minimum atomic E-state index is -2.55. The second-order valence-corrected chi connectivity index (χ2v) is 23.5. The molecule has 3 aliphatic rings. The maximum Gasteiger partial charge on any atom is 0.216 e. The second kappa shape index (κ2) is 44.7. The van der Waals surface area contributed by atoms with Gasteiger partial charge in [-0.1, -0.05) is 115 Å². The van der Waals surface area contributed by atoms with E-state index < -0.39 is 44.0 Å². The molecule has 492 valence electrons. The van der Waals surface area contributed by atoms with E-state index in [0.29, 0.717) is 72.4 Å². The summed E-state index contributed by atoms with van der Waals surface area (Å²) < 4.78 is 92.8. The van der Waals surface area contributed by atoms with Crippen LogP contribution >= 0.6 is 50.1 Å². The molecule has 3 atom stereocenters. The van der Waals surface area contributed by atoms with Crippen molar-refractivity contribution >= 4 is 132 Å². The van der Waals surface area contributed by atoms with Crippen molar-refractivity contribution in [2.75, 3.05) is 68.1 Å². The molecule has 24 heteroatoms. The van der Waals surface area contributed by atoms with Crippen LogP contribution in [0.15, 0.2) is 176 Å². The standard InChI is InChI=1S/2C17H18N2O4S2.C17H18N2O3S3.4C4H8/c2*20-17(24)12-10-14(18-25(21)22)16(23-13-6-2-1-3-7-13)15(11-12)19-8-4-5-9-19;20-25(21)18-14-10-12(17(23)24)11-15(19-8-4-5-9-19)16(14)22-13-6-2-1-3-7-13;4*1-3-4-2/h2*1-3,6-7,10-11,18H,4-5,8-9H2,(H,20,24)(H,21,22);1-3,6-7,10-11,18H,4-5,8-9H2,(H,20,21)(H,23,24);4*3-4H,1-2H3/p-3. The number of thiol groups is 3. The molecule has 0 bridgehead atoms. The van der Waals surface area contributed by atoms with Crippen molar-refractivity contribution in [3.8, 4) is 34.5 Å². The Bertz CT molecular complexity index is 3000. The predicted molar refractivity (Wildman–Crippen MR) is 390 cm³/mol. The molecule has 0 aromatic heterocycles. The van der Waals surface area contributed by atoms with Crippen molar-refractivity contribution in [2.24, 2.45) is 0 Å². The molecule has 0 saturated carbocycles. The van der Waals surface area contributed by atoms with Gasteiger partial charge < -0.3 is 56.7 Å². The van der Waals surface area contributed by atoms with E-state index in [1.807, 2.05) is 177 Å². The van der Waals surface area contributed by atoms with Crippen LogP contribution in [0.1, 0.15) is 120 Å². The molecule has 0 aliphatic carbocycles. The first kappa shape index (κ1) is 78.5. The Balaban J connectivity index is 0.000000317. The average Bonchev–Trinajstić information content (AvgIpc) is 1.87. The number of para-hydroxylation sites is 3. The fourth-order valence-corrected chi connectivity index (χ4v) is 9.93. The first-order chi connectivity index (χ1) is 43.8. The minimum Gasteiger partial charge on any atom is -0.755 e. The quantitative estimate of drug-likeness (QED) is 0.0204. The number of hydrogen-bond donors (Lipinski definition) is 6. The summed E-state index contributed by atoms with van der Waals surface area (Å²) in [5, 5.41) is -0.877. The molecular formula is C67H83N6O11S7-3. The Kier molecular flexibility index (Phi) is 38.6. The van der Waals surface area contributed by atoms with Gasteiger partial charge in [-0.15, -0.1) is 37.9 Å². The monoisotopic (exact) mass is 1370 g/mol. The van der Waals surface area contributed by atoms with Crippen LogP contribution in [-0.4, -0.2) is 80.0 Å². The number of ether oxygens (including phenoxy) is 3. The molecular weight excluding hydrogens is 1290 g/mol. The molecule has 3 unspecified atom stereocenters. The third-order valence-electron chi connectivity index (χ3n) is 13.1. The number of benzene rings is 6. The number of allylic oxidation sites excluding steroid dienone is 8. The number of hydrogen-bond acceptors (Lipinski definition) is 15. The number of carbonyl (C=O) groups is 2. The van der Waals surface area contributed by atoms with Crippen LogP contribution in [0.2, 0.25) is 0 Å². The minimum absolute atomic E-state index is 0.207. The molecule has 91 heavy (non-hydrogen) atoms. The van der Waals surface area contributed by atoms with E-state index in [2.05, 4.69) is 66.8 Å². The van der Waals surface area contributed by atoms with Crippen LogP contribution in [0.5, 0.6) is 34.5 Å². The summed E-state index contributed by atoms with van der Waals surface area (Å²) in [7, 11) is 0. The molecule has 6 aromatic carbocycles. The molecule has 6 aromatic rings. The number of carbonyl (C=O) groups excluding carboxylic acids is 2. The van der Waals surface area contributed by atoms with Crippen LogP contribution in [0.3, 0.4) is 0 Å². The SMILES string of the molecule is CC=CC.CC=CC.CC=CC.CC=CC.O=C(S)c1cc(NS(=O)[O-])c(Oc2ccccc2)c(N2CCCC2)c1.O=C(S)c1cc(NS(=O)[O-])c(Oc2ccccc2)c(N2CCCC2)c1.O=S([O-])Nc1cc(C(=S)S)cc(N2CCCC2)c1Oc1ccccc1. The van der Waals surface area contributed by atoms with Gasteiger partial charge in [0.1, 0.15) is 17.2 Å². The molecule has 0 spiro atoms. The zero-order valence-corrected chi connectivity index (χ0v) is 58.5. The van der Waals surface area contributed by atoms with Gasteiger partial charge in [0.05, 0.1) is 38.3 Å². The largest absolute Gasteiger partial charge is 0.755 e. The molecule has 3 fully saturated rings. The van der Waals surface area contributed by atoms with E-state index in [1.165, 1.54) is 12.1 Å². The molecule has 3 heterocycles. The van der Waals surface area contributed by atoms with E-state index in [9.17, 15) is 35.9 Å². The highest BCUT2D eigenvalue weighted by Crippen LogP contribution is 2.45. The summed E-state index contributed by atoms with van der Waals surface area (Å²) in [4.78, 5) is 29.8. The summed E-state index contributed by atoms with van der Waals surface area (Å²) in [6.45, 7) is 21.0. The van der Waals surface area contributed by atoms with E-state index >= 15 is 0 Å². The Hall–Kier alpha value is -6.71. The highest BCUT2D eigenvalue weighted by Gasteiger charge is 2.26. The van der Waals surface area contributed by atoms with Crippen molar-refractivity contribution in [2.45, 2.75) is 93.9 Å². The fraction of sp³-hybridized carbons (Fsp3) is 0.299. The second-order valence-electron chi connectivity index (χ2n) is 19.5. The molecule has 0 amide bonds. The van der Waals surface area contributed by atoms with Crippen LogP contribution in [0, 0.1) is 0 Å². The lowest BCUT2D eigenvalue weighted by atomic mass is 10.1. The van der Waals surface area contributed by atoms with E-state index in [1.54, 1.807) is 42.5 Å². The lowest BCUT2D eigenvalue weighted by molar-refractivity contribution is 0.108. The van der Waals surface area contributed by atoms with Crippen LogP contribution in [0.25, 0.3) is 0 Å². The third-order valence-corrected chi connectivity index (χ3v) is 15.3. The van der Waals surface area contributed by atoms with Gasteiger partial charge in [-0.25, -0.2) is 0 Å². The van der Waals surface area contributed by atoms with Gasteiger partial charge in [0, 0.05) is 89.8 Å². The molecule has 3 aliphatic heterocycles. The number of rotatable bonds is 18. The Morgan fingerprint density at radius 3 is 0.824 bits per heavy atom. The highest BCUT2D eigenvalue weighted by molar-refractivity contribution is 8.11. The highest BCUT2D eigenvalue weighted by atomic mass is 32.2. The van der Waals surface area contributed by atoms with Crippen molar-refractivity contribution in [1.29, 1.82) is 0 Å². The smallest absolute Gasteiger partial charge is 0.216 e. The van der Waals surface area contributed by atoms with E-state index in [0.717, 1.165) is 83.5 Å². The number of thiocarbonyl (C=S) groups is 1. The van der Waals surface area contributed by atoms with E-state index in [-0.39, 0.29) is 11.4 Å². The summed E-state index contributed by atoms with van der Waals surface area (Å²) in [6.07, 6.45) is 22.3. The first-order valence-electron chi connectivity index (χ1n) is 29.3. The lowest BCUT2D eigenvalue weighted by Gasteiger charge is -2.25. The maximum atomic E-state index is 11.7. The zero-order chi connectivity index (χ0) is 67.1. The van der Waals surface area contributed by atoms with Crippen molar-refractivity contribution < 1.29 is 50.1 Å². The van der Waals surface area contributed by atoms with Gasteiger partial charge >= 0.3 is 0 Å². The normalized spacial score (nSPS) is 14.1. The summed E-state index contributed by atoms with van der Waals surface area (Å²) in [5.41, 5.74) is 4.20. The van der Waals surface area contributed by atoms with Crippen LogP contribution in [0.4, 0.5) is 34.1 Å². The summed E-state index contributed by atoms with van der Waals surface area (Å²) >= 11 is 9.56. The summed E-state index contributed by atoms with van der Waals surface area (Å²) in [5.74, 6) is 2.99. The molecule has 3 N–H and O–H groups in total. The van der Waals surface area contributed by atoms with E-state index in [4.69, 9.17) is 26.4 Å². The number of nitrogens with zero attached hydrogens (tertiary/aromatic N) is 3. The fourth-order valence-electron chi connectivity index (χ4n) is 8.43. The Morgan fingerprint density at radius 1 is 0.407 bits per heavy atom. The van der Waals surface area contributed by atoms with Gasteiger partial charge in [0.2, 0.25) is 10.2 Å². The Morgan fingerprint density at radius 2 is 0.626 bits per heavy atom. The Labute approximate surface area is 567 Å². The topological polar surface area (TPSA) is 228 Å². The zero-order valence-electron chi connectivity index (χ0n) is 52.5. The molecule has 17 nitrogen and oxygen atoms in total. The predicted octanol–water partition coefficient (Wildman–Crippen LogP) is 16.9. The van der Waals surface area contributed by atoms with Crippen LogP contribution < -0.4 is 43.1 Å². The molecule has 9 rings (SSSR count). The van der Waals surface area contributed by atoms with Crippen molar-refractivity contribution in [1.82, 2.24) is 0 Å². The average molecular weight is 1370 g/mol. The molecule has 3 saturated heterocycles. The van der Waals surface area contributed by atoms with Gasteiger partial charge in [0.25, 0.3) is 0 Å². The van der Waals surface area contributed by atoms with Gasteiger partial charge in [0.15, 0.2) is 17.2 Å². The number of nitrogens with one attached hydrogen (secondary N) is 3. The maximum absolute atomic E-state index is 11.7. The van der Waals surface area contributed by atoms with Crippen molar-refractivity contribution in [3.63, 3.8) is 0 Å². The number of anilines is 6. The van der Waals surface area contributed by atoms with Crippen LogP contribution in [-0.2, 0) is 33.8 Å².